The summed E-state index contributed by atoms with van der Waals surface area (Å²) in [5.74, 6) is -7.25. The molecule has 0 saturated carbocycles. The molecule has 1 aliphatic heterocycles. The molecule has 1 fully saturated rings. The Balaban J connectivity index is 1.47. The highest BCUT2D eigenvalue weighted by Gasteiger charge is 2.41. The molecule has 41 heavy (non-hydrogen) atoms. The van der Waals surface area contributed by atoms with Crippen LogP contribution >= 0.6 is 0 Å². The van der Waals surface area contributed by atoms with E-state index in [0.717, 1.165) is 43.4 Å². The normalized spacial score (nSPS) is 17.5. The maximum absolute atomic E-state index is 14.9. The van der Waals surface area contributed by atoms with E-state index >= 15 is 0 Å². The molecular weight excluding hydrogens is 553 g/mol. The highest BCUT2D eigenvalue weighted by molar-refractivity contribution is 5.64. The van der Waals surface area contributed by atoms with Gasteiger partial charge in [0.25, 0.3) is 0 Å². The smallest absolute Gasteiger partial charge is 0.432 e. The molecule has 2 unspecified atom stereocenters. The van der Waals surface area contributed by atoms with Crippen molar-refractivity contribution >= 4 is 0 Å². The fourth-order valence-corrected chi connectivity index (χ4v) is 4.92. The lowest BCUT2D eigenvalue weighted by Gasteiger charge is -2.29. The third kappa shape index (κ3) is 7.52. The largest absolute Gasteiger partial charge is 0.488 e. The third-order valence-corrected chi connectivity index (χ3v) is 7.01. The number of hydrogen-bond donors (Lipinski definition) is 0. The SMILES string of the molecule is CCCC1CCC(c2ccc(-c3cc(F)c(C(F)(F)Oc4cc(F)c(OCCCCF)c(F)c4)c(F)c3)cc2)OC1. The lowest BCUT2D eigenvalue weighted by molar-refractivity contribution is -0.189. The van der Waals surface area contributed by atoms with E-state index in [2.05, 4.69) is 11.7 Å². The first-order valence-electron chi connectivity index (χ1n) is 13.6. The number of halogens is 7. The third-order valence-electron chi connectivity index (χ3n) is 7.01. The van der Waals surface area contributed by atoms with E-state index in [9.17, 15) is 30.7 Å². The molecule has 0 bridgehead atoms. The minimum absolute atomic E-state index is 0.0185. The standard InChI is InChI=1S/C31H31F7O3/c1-2-5-19-6-11-28(40-18-19)21-9-7-20(8-10-21)22-14-24(33)29(25(34)15-22)31(37,38)41-23-16-26(35)30(27(36)17-23)39-13-4-3-12-32/h7-10,14-17,19,28H,2-6,11-13,18H2,1H3. The second-order valence-corrected chi connectivity index (χ2v) is 10.1. The lowest BCUT2D eigenvalue weighted by atomic mass is 9.91. The van der Waals surface area contributed by atoms with E-state index in [4.69, 9.17) is 9.47 Å². The first-order chi connectivity index (χ1) is 19.6. The van der Waals surface area contributed by atoms with Gasteiger partial charge in [0.15, 0.2) is 17.4 Å². The Hall–Kier alpha value is -3.27. The van der Waals surface area contributed by atoms with Crippen molar-refractivity contribution in [1.82, 2.24) is 0 Å². The second-order valence-electron chi connectivity index (χ2n) is 10.1. The zero-order valence-corrected chi connectivity index (χ0v) is 22.5. The molecule has 2 atom stereocenters. The molecule has 0 radical (unpaired) electrons. The molecule has 0 aliphatic carbocycles. The fourth-order valence-electron chi connectivity index (χ4n) is 4.92. The highest BCUT2D eigenvalue weighted by atomic mass is 19.3. The van der Waals surface area contributed by atoms with Crippen molar-refractivity contribution in [3.8, 4) is 22.6 Å². The van der Waals surface area contributed by atoms with E-state index in [-0.39, 0.29) is 31.1 Å². The number of unbranched alkanes of at least 4 members (excludes halogenated alkanes) is 1. The summed E-state index contributed by atoms with van der Waals surface area (Å²) in [6.07, 6.45) is -0.268. The Kier molecular flexibility index (Phi) is 10.2. The van der Waals surface area contributed by atoms with Gasteiger partial charge in [0.2, 0.25) is 0 Å². The molecule has 0 spiro atoms. The summed E-state index contributed by atoms with van der Waals surface area (Å²) >= 11 is 0. The zero-order chi connectivity index (χ0) is 29.6. The second kappa shape index (κ2) is 13.6. The van der Waals surface area contributed by atoms with Gasteiger partial charge in [-0.2, -0.15) is 8.78 Å². The minimum Gasteiger partial charge on any atom is -0.488 e. The van der Waals surface area contributed by atoms with E-state index in [0.29, 0.717) is 30.2 Å². The van der Waals surface area contributed by atoms with E-state index < -0.39 is 53.1 Å². The van der Waals surface area contributed by atoms with Gasteiger partial charge in [-0.05, 0) is 66.8 Å². The van der Waals surface area contributed by atoms with Gasteiger partial charge >= 0.3 is 6.11 Å². The number of benzene rings is 3. The van der Waals surface area contributed by atoms with Crippen LogP contribution in [0.25, 0.3) is 11.1 Å². The average Bonchev–Trinajstić information content (AvgIpc) is 2.92. The van der Waals surface area contributed by atoms with Crippen molar-refractivity contribution in [2.45, 2.75) is 57.7 Å². The van der Waals surface area contributed by atoms with Gasteiger partial charge in [0, 0.05) is 12.1 Å². The van der Waals surface area contributed by atoms with Crippen molar-refractivity contribution < 1.29 is 44.9 Å². The summed E-state index contributed by atoms with van der Waals surface area (Å²) in [6, 6.07) is 9.12. The Bertz CT molecular complexity index is 1260. The molecular formula is C31H31F7O3. The predicted octanol–water partition coefficient (Wildman–Crippen LogP) is 9.43. The molecule has 3 aromatic rings. The van der Waals surface area contributed by atoms with E-state index in [1.807, 2.05) is 0 Å². The molecule has 1 saturated heterocycles. The summed E-state index contributed by atoms with van der Waals surface area (Å²) in [7, 11) is 0. The average molecular weight is 585 g/mol. The van der Waals surface area contributed by atoms with Crippen molar-refractivity contribution in [1.29, 1.82) is 0 Å². The summed E-state index contributed by atoms with van der Waals surface area (Å²) in [6.45, 7) is 1.97. The van der Waals surface area contributed by atoms with Crippen molar-refractivity contribution in [3.05, 3.63) is 82.9 Å². The molecule has 0 N–H and O–H groups in total. The Morgan fingerprint density at radius 2 is 1.51 bits per heavy atom. The van der Waals surface area contributed by atoms with Crippen molar-refractivity contribution in [3.63, 3.8) is 0 Å². The van der Waals surface area contributed by atoms with Crippen LogP contribution in [0.3, 0.4) is 0 Å². The van der Waals surface area contributed by atoms with Gasteiger partial charge in [0.05, 0.1) is 26.0 Å². The Morgan fingerprint density at radius 3 is 2.07 bits per heavy atom. The number of rotatable bonds is 12. The van der Waals surface area contributed by atoms with Gasteiger partial charge in [-0.25, -0.2) is 17.6 Å². The fraction of sp³-hybridized carbons (Fsp3) is 0.419. The molecule has 10 heteroatoms. The van der Waals surface area contributed by atoms with Gasteiger partial charge in [-0.1, -0.05) is 37.6 Å². The van der Waals surface area contributed by atoms with Crippen LogP contribution in [0.2, 0.25) is 0 Å². The topological polar surface area (TPSA) is 27.7 Å². The van der Waals surface area contributed by atoms with Crippen LogP contribution in [0.5, 0.6) is 11.5 Å². The minimum atomic E-state index is -4.60. The van der Waals surface area contributed by atoms with Crippen LogP contribution in [-0.2, 0) is 10.8 Å². The quantitative estimate of drug-likeness (QED) is 0.157. The number of ether oxygens (including phenoxy) is 3. The molecule has 222 valence electrons. The molecule has 4 rings (SSSR count). The highest BCUT2D eigenvalue weighted by Crippen LogP contribution is 2.39. The maximum Gasteiger partial charge on any atom is 0.432 e. The summed E-state index contributed by atoms with van der Waals surface area (Å²) in [5, 5.41) is 0. The first-order valence-corrected chi connectivity index (χ1v) is 13.6. The van der Waals surface area contributed by atoms with Gasteiger partial charge in [-0.3, -0.25) is 4.39 Å². The first kappa shape index (κ1) is 30.7. The summed E-state index contributed by atoms with van der Waals surface area (Å²) in [4.78, 5) is 0. The van der Waals surface area contributed by atoms with Crippen LogP contribution in [0.4, 0.5) is 30.7 Å². The number of hydrogen-bond acceptors (Lipinski definition) is 3. The van der Waals surface area contributed by atoms with E-state index in [1.54, 1.807) is 24.3 Å². The zero-order valence-electron chi connectivity index (χ0n) is 22.5. The van der Waals surface area contributed by atoms with Crippen LogP contribution < -0.4 is 9.47 Å². The number of alkyl halides is 3. The molecule has 0 amide bonds. The summed E-state index contributed by atoms with van der Waals surface area (Å²) < 4.78 is 115. The van der Waals surface area contributed by atoms with Crippen LogP contribution in [0.15, 0.2) is 48.5 Å². The molecule has 3 aromatic carbocycles. The lowest BCUT2D eigenvalue weighted by Crippen LogP contribution is -2.25. The van der Waals surface area contributed by atoms with Gasteiger partial charge < -0.3 is 14.2 Å². The van der Waals surface area contributed by atoms with E-state index in [1.165, 1.54) is 0 Å². The van der Waals surface area contributed by atoms with Crippen LogP contribution in [0, 0.1) is 29.2 Å². The Morgan fingerprint density at radius 1 is 0.854 bits per heavy atom. The van der Waals surface area contributed by atoms with Gasteiger partial charge in [0.1, 0.15) is 22.9 Å². The monoisotopic (exact) mass is 584 g/mol. The summed E-state index contributed by atoms with van der Waals surface area (Å²) in [5.41, 5.74) is -0.377. The Labute approximate surface area is 234 Å². The molecule has 3 nitrogen and oxygen atoms in total. The van der Waals surface area contributed by atoms with Crippen LogP contribution in [0.1, 0.15) is 62.7 Å². The molecule has 1 aliphatic rings. The van der Waals surface area contributed by atoms with Crippen molar-refractivity contribution in [2.75, 3.05) is 19.9 Å². The predicted molar refractivity (Wildman–Crippen MR) is 140 cm³/mol. The molecule has 1 heterocycles. The molecule has 0 aromatic heterocycles. The maximum atomic E-state index is 14.9. The van der Waals surface area contributed by atoms with Crippen LogP contribution in [-0.4, -0.2) is 19.9 Å². The van der Waals surface area contributed by atoms with Crippen molar-refractivity contribution in [2.24, 2.45) is 5.92 Å². The van der Waals surface area contributed by atoms with Gasteiger partial charge in [-0.15, -0.1) is 0 Å².